The van der Waals surface area contributed by atoms with Crippen molar-refractivity contribution < 1.29 is 8.42 Å². The Morgan fingerprint density at radius 3 is 2.17 bits per heavy atom. The Balaban J connectivity index is 2.62. The Hall–Kier alpha value is -0.0900. The molecule has 1 aliphatic rings. The van der Waals surface area contributed by atoms with E-state index < -0.39 is 10.0 Å². The molecule has 1 fully saturated rings. The molecule has 1 saturated carbocycles. The summed E-state index contributed by atoms with van der Waals surface area (Å²) in [6, 6.07) is 0. The maximum Gasteiger partial charge on any atom is 0.214 e. The molecule has 0 aromatic rings. The van der Waals surface area contributed by atoms with Crippen molar-refractivity contribution in [2.24, 2.45) is 0 Å². The van der Waals surface area contributed by atoms with E-state index in [2.05, 4.69) is 4.72 Å². The van der Waals surface area contributed by atoms with Crippen molar-refractivity contribution in [1.82, 2.24) is 4.72 Å². The van der Waals surface area contributed by atoms with E-state index >= 15 is 0 Å². The third kappa shape index (κ3) is 1.98. The number of rotatable bonds is 4. The SMILES string of the molecule is CCC1(NS(=O)(=O)C(C)C)CC1. The molecule has 0 aliphatic heterocycles. The maximum absolute atomic E-state index is 11.4. The lowest BCUT2D eigenvalue weighted by molar-refractivity contribution is 0.525. The number of sulfonamides is 1. The molecule has 0 spiro atoms. The Labute approximate surface area is 74.6 Å². The Bertz CT molecular complexity index is 252. The van der Waals surface area contributed by atoms with Gasteiger partial charge < -0.3 is 0 Å². The summed E-state index contributed by atoms with van der Waals surface area (Å²) < 4.78 is 25.6. The van der Waals surface area contributed by atoms with Crippen LogP contribution in [0.1, 0.15) is 40.0 Å². The predicted molar refractivity (Wildman–Crippen MR) is 49.4 cm³/mol. The molecule has 1 aliphatic carbocycles. The standard InChI is InChI=1S/C8H17NO2S/c1-4-8(5-6-8)9-12(10,11)7(2)3/h7,9H,4-6H2,1-3H3. The monoisotopic (exact) mass is 191 g/mol. The van der Waals surface area contributed by atoms with Crippen LogP contribution in [0.15, 0.2) is 0 Å². The lowest BCUT2D eigenvalue weighted by Gasteiger charge is -2.17. The first-order chi connectivity index (χ1) is 5.42. The third-order valence-corrected chi connectivity index (χ3v) is 4.47. The minimum atomic E-state index is -3.06. The first kappa shape index (κ1) is 9.99. The number of nitrogens with one attached hydrogen (secondary N) is 1. The fourth-order valence-corrected chi connectivity index (χ4v) is 2.29. The van der Waals surface area contributed by atoms with Crippen LogP contribution in [0.25, 0.3) is 0 Å². The zero-order valence-electron chi connectivity index (χ0n) is 7.92. The van der Waals surface area contributed by atoms with Crippen molar-refractivity contribution in [3.8, 4) is 0 Å². The molecule has 0 unspecified atom stereocenters. The highest BCUT2D eigenvalue weighted by atomic mass is 32.2. The molecule has 0 saturated heterocycles. The van der Waals surface area contributed by atoms with Crippen LogP contribution in [0.3, 0.4) is 0 Å². The molecule has 0 amide bonds. The molecule has 1 N–H and O–H groups in total. The zero-order chi connectivity index (χ0) is 9.41. The van der Waals surface area contributed by atoms with Gasteiger partial charge in [-0.2, -0.15) is 0 Å². The van der Waals surface area contributed by atoms with Gasteiger partial charge in [0.25, 0.3) is 0 Å². The van der Waals surface area contributed by atoms with Crippen molar-refractivity contribution in [2.75, 3.05) is 0 Å². The van der Waals surface area contributed by atoms with Gasteiger partial charge in [0.2, 0.25) is 10.0 Å². The molecule has 3 nitrogen and oxygen atoms in total. The second kappa shape index (κ2) is 3.00. The topological polar surface area (TPSA) is 46.2 Å². The van der Waals surface area contributed by atoms with Gasteiger partial charge in [-0.1, -0.05) is 6.92 Å². The van der Waals surface area contributed by atoms with E-state index in [9.17, 15) is 8.42 Å². The van der Waals surface area contributed by atoms with Crippen molar-refractivity contribution in [3.63, 3.8) is 0 Å². The average molecular weight is 191 g/mol. The van der Waals surface area contributed by atoms with Crippen LogP contribution in [-0.4, -0.2) is 19.2 Å². The summed E-state index contributed by atoms with van der Waals surface area (Å²) >= 11 is 0. The molecule has 0 aromatic carbocycles. The second-order valence-corrected chi connectivity index (χ2v) is 6.07. The normalized spacial score (nSPS) is 21.3. The van der Waals surface area contributed by atoms with E-state index in [1.165, 1.54) is 0 Å². The molecule has 72 valence electrons. The van der Waals surface area contributed by atoms with Crippen LogP contribution in [0.2, 0.25) is 0 Å². The van der Waals surface area contributed by atoms with Crippen molar-refractivity contribution in [3.05, 3.63) is 0 Å². The maximum atomic E-state index is 11.4. The predicted octanol–water partition coefficient (Wildman–Crippen LogP) is 1.26. The minimum Gasteiger partial charge on any atom is -0.212 e. The second-order valence-electron chi connectivity index (χ2n) is 3.83. The van der Waals surface area contributed by atoms with Gasteiger partial charge in [0, 0.05) is 5.54 Å². The van der Waals surface area contributed by atoms with Crippen LogP contribution in [0.5, 0.6) is 0 Å². The van der Waals surface area contributed by atoms with E-state index in [-0.39, 0.29) is 10.8 Å². The number of hydrogen-bond donors (Lipinski definition) is 1. The van der Waals surface area contributed by atoms with E-state index in [0.29, 0.717) is 0 Å². The van der Waals surface area contributed by atoms with Crippen molar-refractivity contribution in [1.29, 1.82) is 0 Å². The summed E-state index contributed by atoms with van der Waals surface area (Å²) in [6.07, 6.45) is 2.89. The molecule has 12 heavy (non-hydrogen) atoms. The number of hydrogen-bond acceptors (Lipinski definition) is 2. The van der Waals surface area contributed by atoms with Gasteiger partial charge in [-0.05, 0) is 33.1 Å². The fourth-order valence-electron chi connectivity index (χ4n) is 1.10. The lowest BCUT2D eigenvalue weighted by Crippen LogP contribution is -2.40. The highest BCUT2D eigenvalue weighted by Crippen LogP contribution is 2.39. The first-order valence-corrected chi connectivity index (χ1v) is 5.99. The van der Waals surface area contributed by atoms with Crippen LogP contribution in [0, 0.1) is 0 Å². The summed E-state index contributed by atoms with van der Waals surface area (Å²) in [4.78, 5) is 0. The molecule has 0 atom stereocenters. The summed E-state index contributed by atoms with van der Waals surface area (Å²) in [5, 5.41) is -0.318. The van der Waals surface area contributed by atoms with Gasteiger partial charge in [0.1, 0.15) is 0 Å². The van der Waals surface area contributed by atoms with Gasteiger partial charge in [-0.25, -0.2) is 13.1 Å². The molecular weight excluding hydrogens is 174 g/mol. The molecule has 1 rings (SSSR count). The average Bonchev–Trinajstić information content (AvgIpc) is 2.68. The molecule has 0 aromatic heterocycles. The summed E-state index contributed by atoms with van der Waals surface area (Å²) in [6.45, 7) is 5.43. The molecular formula is C8H17NO2S. The van der Waals surface area contributed by atoms with E-state index in [4.69, 9.17) is 0 Å². The fraction of sp³-hybridized carbons (Fsp3) is 1.00. The summed E-state index contributed by atoms with van der Waals surface area (Å²) in [7, 11) is -3.06. The first-order valence-electron chi connectivity index (χ1n) is 4.45. The Kier molecular flexibility index (Phi) is 2.50. The largest absolute Gasteiger partial charge is 0.214 e. The quantitative estimate of drug-likeness (QED) is 0.727. The van der Waals surface area contributed by atoms with Crippen molar-refractivity contribution >= 4 is 10.0 Å². The van der Waals surface area contributed by atoms with E-state index in [0.717, 1.165) is 19.3 Å². The summed E-state index contributed by atoms with van der Waals surface area (Å²) in [5.74, 6) is 0. The highest BCUT2D eigenvalue weighted by Gasteiger charge is 2.44. The van der Waals surface area contributed by atoms with Crippen LogP contribution >= 0.6 is 0 Å². The van der Waals surface area contributed by atoms with Crippen LogP contribution in [-0.2, 0) is 10.0 Å². The van der Waals surface area contributed by atoms with Gasteiger partial charge in [-0.15, -0.1) is 0 Å². The lowest BCUT2D eigenvalue weighted by atomic mass is 10.2. The van der Waals surface area contributed by atoms with E-state index in [1.807, 2.05) is 6.92 Å². The van der Waals surface area contributed by atoms with Crippen LogP contribution < -0.4 is 4.72 Å². The molecule has 0 radical (unpaired) electrons. The minimum absolute atomic E-state index is 0.0803. The Morgan fingerprint density at radius 1 is 1.42 bits per heavy atom. The zero-order valence-corrected chi connectivity index (χ0v) is 8.74. The third-order valence-electron chi connectivity index (χ3n) is 2.51. The molecule has 0 heterocycles. The molecule has 0 bridgehead atoms. The smallest absolute Gasteiger partial charge is 0.212 e. The van der Waals surface area contributed by atoms with Gasteiger partial charge in [0.15, 0.2) is 0 Å². The Morgan fingerprint density at radius 2 is 1.92 bits per heavy atom. The molecule has 4 heteroatoms. The van der Waals surface area contributed by atoms with Gasteiger partial charge in [0.05, 0.1) is 5.25 Å². The van der Waals surface area contributed by atoms with Gasteiger partial charge in [-0.3, -0.25) is 0 Å². The van der Waals surface area contributed by atoms with Gasteiger partial charge >= 0.3 is 0 Å². The van der Waals surface area contributed by atoms with E-state index in [1.54, 1.807) is 13.8 Å². The van der Waals surface area contributed by atoms with Crippen molar-refractivity contribution in [2.45, 2.75) is 50.8 Å². The highest BCUT2D eigenvalue weighted by molar-refractivity contribution is 7.90. The summed E-state index contributed by atoms with van der Waals surface area (Å²) in [5.41, 5.74) is -0.0803. The van der Waals surface area contributed by atoms with Crippen LogP contribution in [0.4, 0.5) is 0 Å².